The molecule has 0 radical (unpaired) electrons. The van der Waals surface area contributed by atoms with Gasteiger partial charge in [-0.15, -0.1) is 11.3 Å². The average Bonchev–Trinajstić information content (AvgIpc) is 2.60. The summed E-state index contributed by atoms with van der Waals surface area (Å²) in [5, 5.41) is 21.1. The number of carbonyl (C=O) groups excluding carboxylic acids is 1. The van der Waals surface area contributed by atoms with Crippen LogP contribution in [0.3, 0.4) is 0 Å². The minimum absolute atomic E-state index is 0.0615. The van der Waals surface area contributed by atoms with Crippen LogP contribution in [0.4, 0.5) is 0 Å². The summed E-state index contributed by atoms with van der Waals surface area (Å²) in [6, 6.07) is 1.76. The molecular weight excluding hydrogens is 300 g/mol. The van der Waals surface area contributed by atoms with E-state index in [4.69, 9.17) is 0 Å². The lowest BCUT2D eigenvalue weighted by molar-refractivity contribution is -0.109. The van der Waals surface area contributed by atoms with Gasteiger partial charge in [0.05, 0.1) is 6.10 Å². The molecule has 15 heavy (non-hydrogen) atoms. The van der Waals surface area contributed by atoms with Crippen LogP contribution in [0.1, 0.15) is 17.9 Å². The van der Waals surface area contributed by atoms with E-state index in [1.165, 1.54) is 18.3 Å². The number of rotatable bonds is 4. The van der Waals surface area contributed by atoms with Gasteiger partial charge in [0.15, 0.2) is 5.12 Å². The fraction of sp³-hybridized carbons (Fsp3) is 0.444. The van der Waals surface area contributed by atoms with Crippen molar-refractivity contribution in [3.63, 3.8) is 0 Å². The summed E-state index contributed by atoms with van der Waals surface area (Å²) < 4.78 is 0.882. The third kappa shape index (κ3) is 4.24. The molecule has 0 aromatic carbocycles. The van der Waals surface area contributed by atoms with Crippen LogP contribution in [-0.4, -0.2) is 27.2 Å². The molecule has 0 aliphatic carbocycles. The van der Waals surface area contributed by atoms with Crippen molar-refractivity contribution in [3.05, 3.63) is 20.8 Å². The Morgan fingerprint density at radius 3 is 2.80 bits per heavy atom. The quantitative estimate of drug-likeness (QED) is 0.895. The molecular formula is C9H11BrO3S2. The van der Waals surface area contributed by atoms with Crippen LogP contribution in [0.2, 0.25) is 0 Å². The standard InChI is InChI=1S/C9H11BrO3S2/c1-5(11)14-4-7(12)9(13)8-2-6(10)3-15-8/h2-3,7,9,12-13H,4H2,1H3. The number of aliphatic hydroxyl groups excluding tert-OH is 2. The zero-order valence-corrected chi connectivity index (χ0v) is 11.2. The van der Waals surface area contributed by atoms with Crippen molar-refractivity contribution in [2.75, 3.05) is 5.75 Å². The predicted octanol–water partition coefficient (Wildman–Crippen LogP) is 2.18. The Kier molecular flexibility index (Phi) is 5.28. The molecule has 3 nitrogen and oxygen atoms in total. The smallest absolute Gasteiger partial charge is 0.185 e. The van der Waals surface area contributed by atoms with E-state index in [-0.39, 0.29) is 10.9 Å². The minimum atomic E-state index is -0.923. The highest BCUT2D eigenvalue weighted by Crippen LogP contribution is 2.28. The Hall–Kier alpha value is 0.120. The van der Waals surface area contributed by atoms with Crippen LogP contribution in [0, 0.1) is 0 Å². The molecule has 2 N–H and O–H groups in total. The van der Waals surface area contributed by atoms with Crippen LogP contribution in [0.25, 0.3) is 0 Å². The lowest BCUT2D eigenvalue weighted by Gasteiger charge is -2.15. The third-order valence-electron chi connectivity index (χ3n) is 1.70. The molecule has 1 heterocycles. The van der Waals surface area contributed by atoms with Crippen LogP contribution >= 0.6 is 39.0 Å². The van der Waals surface area contributed by atoms with Gasteiger partial charge in [0.2, 0.25) is 0 Å². The maximum absolute atomic E-state index is 10.7. The first-order valence-electron chi connectivity index (χ1n) is 4.24. The van der Waals surface area contributed by atoms with Crippen molar-refractivity contribution < 1.29 is 15.0 Å². The molecule has 0 aliphatic heterocycles. The number of thioether (sulfide) groups is 1. The summed E-state index contributed by atoms with van der Waals surface area (Å²) in [6.07, 6.45) is -1.84. The highest BCUT2D eigenvalue weighted by Gasteiger charge is 2.20. The highest BCUT2D eigenvalue weighted by atomic mass is 79.9. The van der Waals surface area contributed by atoms with Gasteiger partial charge in [-0.3, -0.25) is 4.79 Å². The van der Waals surface area contributed by atoms with Gasteiger partial charge in [-0.2, -0.15) is 0 Å². The van der Waals surface area contributed by atoms with E-state index < -0.39 is 12.2 Å². The highest BCUT2D eigenvalue weighted by molar-refractivity contribution is 9.10. The van der Waals surface area contributed by atoms with E-state index in [2.05, 4.69) is 15.9 Å². The second-order valence-corrected chi connectivity index (χ2v) is 6.04. The first-order chi connectivity index (χ1) is 7.00. The zero-order valence-electron chi connectivity index (χ0n) is 8.01. The molecule has 1 rings (SSSR count). The normalized spacial score (nSPS) is 14.9. The summed E-state index contributed by atoms with van der Waals surface area (Å²) in [4.78, 5) is 11.4. The Bertz CT molecular complexity index is 340. The predicted molar refractivity (Wildman–Crippen MR) is 66.1 cm³/mol. The van der Waals surface area contributed by atoms with E-state index >= 15 is 0 Å². The van der Waals surface area contributed by atoms with E-state index in [1.54, 1.807) is 6.07 Å². The van der Waals surface area contributed by atoms with E-state index in [0.29, 0.717) is 4.88 Å². The molecule has 0 aliphatic rings. The summed E-state index contributed by atoms with van der Waals surface area (Å²) in [7, 11) is 0. The van der Waals surface area contributed by atoms with Gasteiger partial charge in [0, 0.05) is 27.4 Å². The zero-order chi connectivity index (χ0) is 11.4. The van der Waals surface area contributed by atoms with E-state index in [0.717, 1.165) is 16.2 Å². The summed E-state index contributed by atoms with van der Waals surface area (Å²) in [5.41, 5.74) is 0. The topological polar surface area (TPSA) is 57.5 Å². The van der Waals surface area contributed by atoms with Gasteiger partial charge in [-0.25, -0.2) is 0 Å². The van der Waals surface area contributed by atoms with Gasteiger partial charge in [-0.1, -0.05) is 11.8 Å². The average molecular weight is 311 g/mol. The number of hydrogen-bond acceptors (Lipinski definition) is 5. The molecule has 0 fully saturated rings. The number of carbonyl (C=O) groups is 1. The largest absolute Gasteiger partial charge is 0.389 e. The molecule has 1 aromatic heterocycles. The number of hydrogen-bond donors (Lipinski definition) is 2. The molecule has 0 spiro atoms. The summed E-state index contributed by atoms with van der Waals surface area (Å²) in [6.45, 7) is 1.44. The van der Waals surface area contributed by atoms with Crippen LogP contribution in [0.15, 0.2) is 15.9 Å². The third-order valence-corrected chi connectivity index (χ3v) is 4.38. The maximum Gasteiger partial charge on any atom is 0.185 e. The molecule has 0 saturated carbocycles. The fourth-order valence-electron chi connectivity index (χ4n) is 0.967. The van der Waals surface area contributed by atoms with Crippen molar-refractivity contribution in [1.29, 1.82) is 0 Å². The summed E-state index contributed by atoms with van der Waals surface area (Å²) >= 11 is 5.65. The minimum Gasteiger partial charge on any atom is -0.389 e. The number of thiophene rings is 1. The van der Waals surface area contributed by atoms with Crippen LogP contribution < -0.4 is 0 Å². The molecule has 1 aromatic rings. The maximum atomic E-state index is 10.7. The summed E-state index contributed by atoms with van der Waals surface area (Å²) in [5.74, 6) is 0.214. The van der Waals surface area contributed by atoms with E-state index in [1.807, 2.05) is 5.38 Å². The van der Waals surface area contributed by atoms with Crippen LogP contribution in [0.5, 0.6) is 0 Å². The fourth-order valence-corrected chi connectivity index (χ4v) is 3.04. The van der Waals surface area contributed by atoms with Gasteiger partial charge >= 0.3 is 0 Å². The van der Waals surface area contributed by atoms with Gasteiger partial charge in [0.25, 0.3) is 0 Å². The SMILES string of the molecule is CC(=O)SCC(O)C(O)c1cc(Br)cs1. The molecule has 6 heteroatoms. The lowest BCUT2D eigenvalue weighted by atomic mass is 10.2. The van der Waals surface area contributed by atoms with Gasteiger partial charge in [-0.05, 0) is 22.0 Å². The van der Waals surface area contributed by atoms with Crippen molar-refractivity contribution in [1.82, 2.24) is 0 Å². The number of halogens is 1. The molecule has 2 atom stereocenters. The van der Waals surface area contributed by atoms with Gasteiger partial charge < -0.3 is 10.2 Å². The van der Waals surface area contributed by atoms with E-state index in [9.17, 15) is 15.0 Å². The van der Waals surface area contributed by atoms with Crippen molar-refractivity contribution in [3.8, 4) is 0 Å². The lowest BCUT2D eigenvalue weighted by Crippen LogP contribution is -2.20. The molecule has 0 bridgehead atoms. The molecule has 2 unspecified atom stereocenters. The first kappa shape index (κ1) is 13.2. The van der Waals surface area contributed by atoms with Crippen molar-refractivity contribution >= 4 is 44.1 Å². The Morgan fingerprint density at radius 2 is 2.33 bits per heavy atom. The monoisotopic (exact) mass is 310 g/mol. The number of aliphatic hydroxyl groups is 2. The molecule has 0 amide bonds. The second-order valence-electron chi connectivity index (χ2n) is 2.98. The Morgan fingerprint density at radius 1 is 1.67 bits per heavy atom. The Balaban J connectivity index is 2.52. The molecule has 0 saturated heterocycles. The van der Waals surface area contributed by atoms with Crippen molar-refractivity contribution in [2.24, 2.45) is 0 Å². The first-order valence-corrected chi connectivity index (χ1v) is 6.90. The van der Waals surface area contributed by atoms with Crippen LogP contribution in [-0.2, 0) is 4.79 Å². The second kappa shape index (κ2) is 6.00. The molecule has 84 valence electrons. The van der Waals surface area contributed by atoms with Gasteiger partial charge in [0.1, 0.15) is 6.10 Å². The Labute approximate surface area is 105 Å². The van der Waals surface area contributed by atoms with Crippen molar-refractivity contribution in [2.45, 2.75) is 19.1 Å².